The molecule has 9 fully saturated rings. The number of hydrogen-bond acceptors (Lipinski definition) is 26. The van der Waals surface area contributed by atoms with Gasteiger partial charge in [0, 0.05) is 18.3 Å². The van der Waals surface area contributed by atoms with E-state index in [0.717, 1.165) is 32.1 Å². The number of esters is 9. The van der Waals surface area contributed by atoms with Crippen molar-refractivity contribution < 1.29 is 124 Å². The van der Waals surface area contributed by atoms with Crippen LogP contribution in [-0.2, 0) is 80.5 Å². The van der Waals surface area contributed by atoms with Crippen molar-refractivity contribution in [2.45, 2.75) is 189 Å². The average Bonchev–Trinajstić information content (AvgIpc) is 1.66. The van der Waals surface area contributed by atoms with Gasteiger partial charge in [-0.1, -0.05) is 191 Å². The molecule has 26 heteroatoms. The standard InChI is InChI=1S/C106H106O26/c1-63-50-55-106(119-59-63)64(2)84-80(132-106)58-77-75-57-79(121-93(108)66-34-16-6-17-35-66)78-56-74(51-53-104(78,3)76(75)52-54-105(77,84)4)120-103-91(131-102-90(129-100(115)73-48-30-13-31-49-73)87(126-97(112)70-42-24-10-25-43-70)82(62-118-102)123-95(110)68-38-20-8-21-39-68)88(127-98(113)71-44-26-11-27-45-71)85(83(124-103)60-116-92(107)65-32-14-5-15-33-65)130-101-89(128-99(114)72-46-28-12-29-47-72)86(125-96(111)69-40-22-9-23-41-69)81(61-117-101)122-94(109)67-36-18-7-19-37-67/h5-49,63-64,74-91,101-103H,50-62H2,1-4H3/t63-,64+,74+,75-,76+,77+,78-,79+,80+,81+,82+,83-,84+,85-,86+,87+,88+,89-,90-,91-,101+,102+,103-,104-,105+,106-/m1/s1. The Labute approximate surface area is 764 Å². The molecule has 0 unspecified atom stereocenters. The first kappa shape index (κ1) is 90.4. The minimum Gasteiger partial charge on any atom is -0.459 e. The van der Waals surface area contributed by atoms with Gasteiger partial charge in [-0.25, -0.2) is 43.2 Å². The molecule has 5 aliphatic heterocycles. The molecular weight excluding hydrogens is 1690 g/mol. The highest BCUT2D eigenvalue weighted by Gasteiger charge is 2.71. The van der Waals surface area contributed by atoms with Gasteiger partial charge in [-0.15, -0.1) is 0 Å². The van der Waals surface area contributed by atoms with Crippen LogP contribution in [0.4, 0.5) is 0 Å². The first-order chi connectivity index (χ1) is 64.1. The molecule has 1 spiro atoms. The minimum atomic E-state index is -2.03. The summed E-state index contributed by atoms with van der Waals surface area (Å²) in [7, 11) is 0. The second-order valence-corrected chi connectivity index (χ2v) is 36.5. The fraction of sp³-hybridized carbons (Fsp3) is 0.406. The molecule has 0 N–H and O–H groups in total. The second-order valence-electron chi connectivity index (χ2n) is 36.5. The van der Waals surface area contributed by atoms with Crippen LogP contribution in [0.5, 0.6) is 0 Å². The van der Waals surface area contributed by atoms with Crippen molar-refractivity contribution in [3.63, 3.8) is 0 Å². The molecule has 9 aromatic carbocycles. The zero-order chi connectivity index (χ0) is 91.2. The second kappa shape index (κ2) is 39.7. The van der Waals surface area contributed by atoms with Gasteiger partial charge in [0.05, 0.1) is 82.1 Å². The Morgan fingerprint density at radius 3 is 1.09 bits per heavy atom. The lowest BCUT2D eigenvalue weighted by Gasteiger charge is -2.63. The van der Waals surface area contributed by atoms with Crippen LogP contribution in [0.1, 0.15) is 179 Å². The van der Waals surface area contributed by atoms with E-state index >= 15 is 19.2 Å². The molecule has 9 aromatic rings. The molecule has 5 saturated heterocycles. The van der Waals surface area contributed by atoms with Crippen LogP contribution in [-0.4, -0.2) is 184 Å². The van der Waals surface area contributed by atoms with E-state index in [2.05, 4.69) is 27.7 Å². The maximum absolute atomic E-state index is 15.9. The molecule has 18 rings (SSSR count). The van der Waals surface area contributed by atoms with E-state index in [0.29, 0.717) is 37.4 Å². The molecule has 26 atom stereocenters. The van der Waals surface area contributed by atoms with Crippen LogP contribution in [0.15, 0.2) is 273 Å². The number of fused-ring (bicyclic) bond motifs is 7. The van der Waals surface area contributed by atoms with Crippen molar-refractivity contribution in [3.8, 4) is 0 Å². The summed E-state index contributed by atoms with van der Waals surface area (Å²) < 4.78 is 117. The van der Waals surface area contributed by atoms with E-state index in [1.165, 1.54) is 97.1 Å². The van der Waals surface area contributed by atoms with Crippen molar-refractivity contribution >= 4 is 53.7 Å². The lowest BCUT2D eigenvalue weighted by Crippen LogP contribution is -2.67. The first-order valence-electron chi connectivity index (χ1n) is 45.6. The SMILES string of the molecule is C[C@@H]1CC[C@@]2(OC1)O[C@H]1C[C@H]3[C@@H]4C[C@H](OC(=O)c5ccccc5)[C@H]5C[C@@H](O[C@@H]6O[C@H](COC(=O)c7ccccc7)[C@@H](O[C@@H]7OC[C@H](OC(=O)c8ccccc8)[C@H](OC(=O)c8ccccc8)[C@H]7OC(=O)c7ccccc7)[C@H](OC(=O)c7ccccc7)[C@H]6O[C@@H]6OC[C@H](OC(=O)c7ccccc7)[C@H](OC(=O)c7ccccc7)[C@H]6OC(=O)c6ccccc6)CC[C@]5(C)[C@H]4CC[C@]3(C)[C@H]1[C@@H]2C. The number of carbonyl (C=O) groups excluding carboxylic acids is 9. The quantitative estimate of drug-likeness (QED) is 0.0291. The zero-order valence-electron chi connectivity index (χ0n) is 73.6. The van der Waals surface area contributed by atoms with E-state index in [9.17, 15) is 24.0 Å². The van der Waals surface area contributed by atoms with E-state index in [4.69, 9.17) is 80.5 Å². The van der Waals surface area contributed by atoms with Crippen molar-refractivity contribution in [2.75, 3.05) is 26.4 Å². The van der Waals surface area contributed by atoms with Crippen molar-refractivity contribution in [2.24, 2.45) is 52.3 Å². The van der Waals surface area contributed by atoms with E-state index in [1.54, 1.807) is 170 Å². The molecule has 0 radical (unpaired) electrons. The Bertz CT molecular complexity index is 5500. The molecule has 686 valence electrons. The molecular formula is C106H106O26. The molecule has 4 saturated carbocycles. The topological polar surface area (TPSA) is 311 Å². The monoisotopic (exact) mass is 1790 g/mol. The smallest absolute Gasteiger partial charge is 0.338 e. The number of carbonyl (C=O) groups is 9. The van der Waals surface area contributed by atoms with Gasteiger partial charge in [0.2, 0.25) is 0 Å². The summed E-state index contributed by atoms with van der Waals surface area (Å²) in [6.45, 7) is 7.88. The van der Waals surface area contributed by atoms with Gasteiger partial charge in [-0.2, -0.15) is 0 Å². The van der Waals surface area contributed by atoms with Crippen LogP contribution in [0, 0.1) is 52.3 Å². The summed E-state index contributed by atoms with van der Waals surface area (Å²) in [6, 6.07) is 72.3. The Morgan fingerprint density at radius 1 is 0.326 bits per heavy atom. The highest BCUT2D eigenvalue weighted by Crippen LogP contribution is 2.72. The van der Waals surface area contributed by atoms with Crippen molar-refractivity contribution in [3.05, 3.63) is 323 Å². The molecule has 0 amide bonds. The van der Waals surface area contributed by atoms with Gasteiger partial charge in [0.25, 0.3) is 0 Å². The molecule has 0 aromatic heterocycles. The third-order valence-electron chi connectivity index (χ3n) is 28.6. The molecule has 132 heavy (non-hydrogen) atoms. The zero-order valence-corrected chi connectivity index (χ0v) is 73.6. The van der Waals surface area contributed by atoms with Gasteiger partial charge in [-0.3, -0.25) is 0 Å². The van der Waals surface area contributed by atoms with E-state index in [-0.39, 0.29) is 92.0 Å². The Kier molecular flexibility index (Phi) is 27.2. The molecule has 4 aliphatic carbocycles. The Balaban J connectivity index is 0.773. The maximum Gasteiger partial charge on any atom is 0.338 e. The minimum absolute atomic E-state index is 0.000549. The summed E-state index contributed by atoms with van der Waals surface area (Å²) >= 11 is 0. The predicted octanol–water partition coefficient (Wildman–Crippen LogP) is 16.3. The maximum atomic E-state index is 15.9. The summed E-state index contributed by atoms with van der Waals surface area (Å²) in [5, 5.41) is 0. The number of benzene rings is 9. The third-order valence-corrected chi connectivity index (χ3v) is 28.6. The van der Waals surface area contributed by atoms with Crippen molar-refractivity contribution in [1.82, 2.24) is 0 Å². The summed E-state index contributed by atoms with van der Waals surface area (Å²) in [5.41, 5.74) is 0.0876. The lowest BCUT2D eigenvalue weighted by atomic mass is 9.43. The number of hydrogen-bond donors (Lipinski definition) is 0. The fourth-order valence-corrected chi connectivity index (χ4v) is 22.0. The molecule has 0 bridgehead atoms. The van der Waals surface area contributed by atoms with Gasteiger partial charge < -0.3 is 80.5 Å². The predicted molar refractivity (Wildman–Crippen MR) is 472 cm³/mol. The van der Waals surface area contributed by atoms with E-state index < -0.39 is 183 Å². The molecule has 26 nitrogen and oxygen atoms in total. The van der Waals surface area contributed by atoms with Crippen LogP contribution in [0.2, 0.25) is 0 Å². The first-order valence-corrected chi connectivity index (χ1v) is 45.6. The van der Waals surface area contributed by atoms with Gasteiger partial charge in [0.15, 0.2) is 73.5 Å². The van der Waals surface area contributed by atoms with Crippen LogP contribution in [0.25, 0.3) is 0 Å². The van der Waals surface area contributed by atoms with Gasteiger partial charge in [0.1, 0.15) is 24.9 Å². The summed E-state index contributed by atoms with van der Waals surface area (Å²) in [5.74, 6) is -7.90. The number of ether oxygens (including phenoxy) is 17. The van der Waals surface area contributed by atoms with Crippen LogP contribution in [0.3, 0.4) is 0 Å². The third kappa shape index (κ3) is 19.2. The lowest BCUT2D eigenvalue weighted by molar-refractivity contribution is -0.380. The summed E-state index contributed by atoms with van der Waals surface area (Å²) in [6.07, 6.45) is -19.9. The van der Waals surface area contributed by atoms with Crippen LogP contribution < -0.4 is 0 Å². The Hall–Kier alpha value is -12.1. The average molecular weight is 1800 g/mol. The number of rotatable bonds is 25. The van der Waals surface area contributed by atoms with E-state index in [1.807, 2.05) is 6.07 Å². The summed E-state index contributed by atoms with van der Waals surface area (Å²) in [4.78, 5) is 135. The highest BCUT2D eigenvalue weighted by atomic mass is 16.8. The largest absolute Gasteiger partial charge is 0.459 e. The Morgan fingerprint density at radius 2 is 0.689 bits per heavy atom. The normalized spacial score (nSPS) is 32.6. The highest BCUT2D eigenvalue weighted by molar-refractivity contribution is 5.94. The van der Waals surface area contributed by atoms with Crippen molar-refractivity contribution in [1.29, 1.82) is 0 Å². The van der Waals surface area contributed by atoms with Gasteiger partial charge in [-0.05, 0) is 201 Å². The fourth-order valence-electron chi connectivity index (χ4n) is 22.0. The van der Waals surface area contributed by atoms with Gasteiger partial charge >= 0.3 is 53.7 Å². The van der Waals surface area contributed by atoms with Crippen LogP contribution >= 0.6 is 0 Å². The molecule has 9 aliphatic rings. The molecule has 5 heterocycles.